The Kier molecular flexibility index (Phi) is 8.35. The average molecular weight is 536 g/mol. The highest BCUT2D eigenvalue weighted by Gasteiger charge is 2.26. The number of hydrogen-bond donors (Lipinski definition) is 0. The minimum absolute atomic E-state index is 0.00398. The molecular weight excluding hydrogens is 502 g/mol. The lowest BCUT2D eigenvalue weighted by atomic mass is 10.1. The SMILES string of the molecule is COc1cccc(C(=O)N(CC(=O)N2CCN(c3ccc(-c4ccc(C)cc4)nn3)CC2)Cc2ccccc2)c1. The lowest BCUT2D eigenvalue weighted by Crippen LogP contribution is -2.52. The first-order chi connectivity index (χ1) is 19.5. The summed E-state index contributed by atoms with van der Waals surface area (Å²) in [5.41, 5.74) is 4.51. The Bertz CT molecular complexity index is 1430. The number of rotatable bonds is 8. The number of piperazine rings is 1. The number of methoxy groups -OCH3 is 1. The number of hydrogen-bond acceptors (Lipinski definition) is 6. The molecule has 0 bridgehead atoms. The van der Waals surface area contributed by atoms with Gasteiger partial charge in [-0.1, -0.05) is 66.2 Å². The number of nitrogens with zero attached hydrogens (tertiary/aromatic N) is 5. The molecule has 1 fully saturated rings. The van der Waals surface area contributed by atoms with E-state index in [0.29, 0.717) is 44.0 Å². The van der Waals surface area contributed by atoms with E-state index in [-0.39, 0.29) is 18.4 Å². The monoisotopic (exact) mass is 535 g/mol. The highest BCUT2D eigenvalue weighted by molar-refractivity contribution is 5.96. The molecular formula is C32H33N5O3. The van der Waals surface area contributed by atoms with Gasteiger partial charge in [0.1, 0.15) is 12.3 Å². The molecule has 3 aromatic carbocycles. The third-order valence-corrected chi connectivity index (χ3v) is 7.10. The minimum Gasteiger partial charge on any atom is -0.497 e. The van der Waals surface area contributed by atoms with E-state index in [2.05, 4.69) is 34.2 Å². The molecule has 0 spiro atoms. The van der Waals surface area contributed by atoms with Crippen LogP contribution < -0.4 is 9.64 Å². The van der Waals surface area contributed by atoms with Gasteiger partial charge in [0.05, 0.1) is 12.8 Å². The van der Waals surface area contributed by atoms with Gasteiger partial charge < -0.3 is 19.4 Å². The van der Waals surface area contributed by atoms with Crippen molar-refractivity contribution in [2.75, 3.05) is 44.7 Å². The molecule has 5 rings (SSSR count). The normalized spacial score (nSPS) is 13.2. The van der Waals surface area contributed by atoms with E-state index >= 15 is 0 Å². The van der Waals surface area contributed by atoms with E-state index in [1.807, 2.05) is 59.5 Å². The quantitative estimate of drug-likeness (QED) is 0.332. The first-order valence-electron chi connectivity index (χ1n) is 13.4. The van der Waals surface area contributed by atoms with Gasteiger partial charge >= 0.3 is 0 Å². The van der Waals surface area contributed by atoms with Gasteiger partial charge in [-0.15, -0.1) is 10.2 Å². The van der Waals surface area contributed by atoms with Gasteiger partial charge in [0.25, 0.3) is 5.91 Å². The molecule has 0 atom stereocenters. The van der Waals surface area contributed by atoms with Crippen LogP contribution in [0.1, 0.15) is 21.5 Å². The van der Waals surface area contributed by atoms with Crippen LogP contribution in [0.3, 0.4) is 0 Å². The van der Waals surface area contributed by atoms with Gasteiger partial charge in [-0.3, -0.25) is 9.59 Å². The third kappa shape index (κ3) is 6.46. The minimum atomic E-state index is -0.210. The Morgan fingerprint density at radius 2 is 1.60 bits per heavy atom. The number of aromatic nitrogens is 2. The first kappa shape index (κ1) is 26.9. The molecule has 0 N–H and O–H groups in total. The zero-order valence-electron chi connectivity index (χ0n) is 22.9. The van der Waals surface area contributed by atoms with Crippen LogP contribution in [-0.4, -0.2) is 71.6 Å². The number of amides is 2. The molecule has 1 aromatic heterocycles. The summed E-state index contributed by atoms with van der Waals surface area (Å²) in [7, 11) is 1.57. The maximum atomic E-state index is 13.5. The number of ether oxygens (including phenoxy) is 1. The van der Waals surface area contributed by atoms with Gasteiger partial charge in [-0.25, -0.2) is 0 Å². The van der Waals surface area contributed by atoms with Gasteiger partial charge in [0.15, 0.2) is 5.82 Å². The van der Waals surface area contributed by atoms with Crippen LogP contribution in [0.15, 0.2) is 91.0 Å². The lowest BCUT2D eigenvalue weighted by molar-refractivity contribution is -0.132. The molecule has 204 valence electrons. The van der Waals surface area contributed by atoms with E-state index in [9.17, 15) is 9.59 Å². The van der Waals surface area contributed by atoms with Crippen molar-refractivity contribution in [3.63, 3.8) is 0 Å². The highest BCUT2D eigenvalue weighted by atomic mass is 16.5. The Morgan fingerprint density at radius 3 is 2.27 bits per heavy atom. The molecule has 0 unspecified atom stereocenters. The van der Waals surface area contributed by atoms with Gasteiger partial charge in [0.2, 0.25) is 5.91 Å². The van der Waals surface area contributed by atoms with Crippen molar-refractivity contribution < 1.29 is 14.3 Å². The summed E-state index contributed by atoms with van der Waals surface area (Å²) < 4.78 is 5.30. The summed E-state index contributed by atoms with van der Waals surface area (Å²) in [4.78, 5) is 32.4. The van der Waals surface area contributed by atoms with Gasteiger partial charge in [-0.2, -0.15) is 0 Å². The van der Waals surface area contributed by atoms with Crippen molar-refractivity contribution >= 4 is 17.6 Å². The second-order valence-corrected chi connectivity index (χ2v) is 9.89. The number of carbonyl (C=O) groups is 2. The average Bonchev–Trinajstić information content (AvgIpc) is 3.01. The molecule has 1 aliphatic heterocycles. The van der Waals surface area contributed by atoms with Crippen molar-refractivity contribution in [2.45, 2.75) is 13.5 Å². The van der Waals surface area contributed by atoms with Crippen LogP contribution in [0.4, 0.5) is 5.82 Å². The van der Waals surface area contributed by atoms with Crippen LogP contribution >= 0.6 is 0 Å². The Labute approximate surface area is 234 Å². The zero-order chi connectivity index (χ0) is 27.9. The topological polar surface area (TPSA) is 78.9 Å². The van der Waals surface area contributed by atoms with Crippen molar-refractivity contribution in [1.29, 1.82) is 0 Å². The molecule has 0 saturated carbocycles. The molecule has 8 nitrogen and oxygen atoms in total. The largest absolute Gasteiger partial charge is 0.497 e. The number of aryl methyl sites for hydroxylation is 1. The second kappa shape index (κ2) is 12.4. The summed E-state index contributed by atoms with van der Waals surface area (Å²) in [5, 5.41) is 8.87. The Morgan fingerprint density at radius 1 is 0.850 bits per heavy atom. The molecule has 2 heterocycles. The Hall–Kier alpha value is -4.72. The maximum absolute atomic E-state index is 13.5. The van der Waals surface area contributed by atoms with Crippen LogP contribution in [0.5, 0.6) is 5.75 Å². The molecule has 0 radical (unpaired) electrons. The van der Waals surface area contributed by atoms with E-state index in [1.165, 1.54) is 5.56 Å². The number of anilines is 1. The van der Waals surface area contributed by atoms with E-state index < -0.39 is 0 Å². The maximum Gasteiger partial charge on any atom is 0.254 e. The predicted octanol–water partition coefficient (Wildman–Crippen LogP) is 4.45. The molecule has 40 heavy (non-hydrogen) atoms. The summed E-state index contributed by atoms with van der Waals surface area (Å²) >= 11 is 0. The fraction of sp³-hybridized carbons (Fsp3) is 0.250. The molecule has 1 saturated heterocycles. The molecule has 2 amide bonds. The van der Waals surface area contributed by atoms with Crippen molar-refractivity contribution in [3.05, 3.63) is 108 Å². The van der Waals surface area contributed by atoms with Crippen LogP contribution in [0, 0.1) is 6.92 Å². The molecule has 1 aliphatic rings. The summed E-state index contributed by atoms with van der Waals surface area (Å²) in [5.74, 6) is 1.11. The molecule has 4 aromatic rings. The zero-order valence-corrected chi connectivity index (χ0v) is 22.9. The summed E-state index contributed by atoms with van der Waals surface area (Å²) in [6.45, 7) is 4.78. The third-order valence-electron chi connectivity index (χ3n) is 7.10. The van der Waals surface area contributed by atoms with E-state index in [1.54, 1.807) is 36.3 Å². The second-order valence-electron chi connectivity index (χ2n) is 9.89. The standard InChI is InChI=1S/C32H33N5O3/c1-24-11-13-26(14-12-24)29-15-16-30(34-33-29)35-17-19-36(20-18-35)31(38)23-37(22-25-7-4-3-5-8-25)32(39)27-9-6-10-28(21-27)40-2/h3-16,21H,17-20,22-23H2,1-2H3. The van der Waals surface area contributed by atoms with Crippen molar-refractivity contribution in [1.82, 2.24) is 20.0 Å². The summed E-state index contributed by atoms with van der Waals surface area (Å²) in [6.07, 6.45) is 0. The van der Waals surface area contributed by atoms with Gasteiger partial charge in [-0.05, 0) is 42.8 Å². The van der Waals surface area contributed by atoms with Crippen molar-refractivity contribution in [2.24, 2.45) is 0 Å². The smallest absolute Gasteiger partial charge is 0.254 e. The molecule has 8 heteroatoms. The molecule has 0 aliphatic carbocycles. The summed E-state index contributed by atoms with van der Waals surface area (Å²) in [6, 6.07) is 28.9. The van der Waals surface area contributed by atoms with Crippen LogP contribution in [-0.2, 0) is 11.3 Å². The number of carbonyl (C=O) groups excluding carboxylic acids is 2. The van der Waals surface area contributed by atoms with E-state index in [4.69, 9.17) is 4.74 Å². The van der Waals surface area contributed by atoms with Crippen molar-refractivity contribution in [3.8, 4) is 17.0 Å². The van der Waals surface area contributed by atoms with Crippen LogP contribution in [0.25, 0.3) is 11.3 Å². The van der Waals surface area contributed by atoms with Gasteiger partial charge in [0, 0.05) is 43.9 Å². The van der Waals surface area contributed by atoms with Crippen LogP contribution in [0.2, 0.25) is 0 Å². The van der Waals surface area contributed by atoms with E-state index in [0.717, 1.165) is 22.6 Å². The fourth-order valence-electron chi connectivity index (χ4n) is 4.76. The Balaban J connectivity index is 1.22. The number of benzene rings is 3. The predicted molar refractivity (Wildman–Crippen MR) is 155 cm³/mol. The lowest BCUT2D eigenvalue weighted by Gasteiger charge is -2.36. The highest BCUT2D eigenvalue weighted by Crippen LogP contribution is 2.21. The fourth-order valence-corrected chi connectivity index (χ4v) is 4.76. The first-order valence-corrected chi connectivity index (χ1v) is 13.4.